The number of hydrogen-bond acceptors (Lipinski definition) is 4. The predicted molar refractivity (Wildman–Crippen MR) is 89.9 cm³/mol. The Labute approximate surface area is 144 Å². The van der Waals surface area contributed by atoms with Gasteiger partial charge in [0.1, 0.15) is 11.5 Å². The summed E-state index contributed by atoms with van der Waals surface area (Å²) >= 11 is 0. The fourth-order valence-corrected chi connectivity index (χ4v) is 2.56. The van der Waals surface area contributed by atoms with E-state index in [-0.39, 0.29) is 23.4 Å². The fourth-order valence-electron chi connectivity index (χ4n) is 2.56. The molecule has 2 amide bonds. The van der Waals surface area contributed by atoms with E-state index in [4.69, 9.17) is 4.74 Å². The summed E-state index contributed by atoms with van der Waals surface area (Å²) < 4.78 is 19.1. The summed E-state index contributed by atoms with van der Waals surface area (Å²) in [6, 6.07) is 8.73. The molecule has 0 radical (unpaired) electrons. The SMILES string of the molecule is O=C(NCC1CCCO1)c1ccnc(C(=O)Nc2ccccc2F)c1. The van der Waals surface area contributed by atoms with E-state index in [0.717, 1.165) is 19.4 Å². The highest BCUT2D eigenvalue weighted by atomic mass is 19.1. The quantitative estimate of drug-likeness (QED) is 0.873. The van der Waals surface area contributed by atoms with Gasteiger partial charge in [0, 0.05) is 24.9 Å². The molecular weight excluding hydrogens is 325 g/mol. The topological polar surface area (TPSA) is 80.3 Å². The van der Waals surface area contributed by atoms with Crippen molar-refractivity contribution < 1.29 is 18.7 Å². The maximum absolute atomic E-state index is 13.6. The molecule has 1 aliphatic rings. The largest absolute Gasteiger partial charge is 0.376 e. The van der Waals surface area contributed by atoms with Crippen LogP contribution in [-0.4, -0.2) is 36.1 Å². The van der Waals surface area contributed by atoms with Crippen LogP contribution in [0.25, 0.3) is 0 Å². The summed E-state index contributed by atoms with van der Waals surface area (Å²) in [5.74, 6) is -1.43. The number of pyridine rings is 1. The summed E-state index contributed by atoms with van der Waals surface area (Å²) in [5.41, 5.74) is 0.405. The molecule has 2 aromatic rings. The molecule has 0 saturated carbocycles. The molecule has 130 valence electrons. The number of carbonyl (C=O) groups is 2. The molecule has 1 aromatic carbocycles. The van der Waals surface area contributed by atoms with Crippen molar-refractivity contribution in [2.45, 2.75) is 18.9 Å². The van der Waals surface area contributed by atoms with Crippen molar-refractivity contribution in [1.29, 1.82) is 0 Å². The van der Waals surface area contributed by atoms with E-state index in [1.165, 1.54) is 36.5 Å². The Balaban J connectivity index is 1.64. The van der Waals surface area contributed by atoms with Crippen LogP contribution in [0.2, 0.25) is 0 Å². The van der Waals surface area contributed by atoms with Gasteiger partial charge in [-0.25, -0.2) is 4.39 Å². The highest BCUT2D eigenvalue weighted by Crippen LogP contribution is 2.14. The van der Waals surface area contributed by atoms with E-state index in [0.29, 0.717) is 12.1 Å². The van der Waals surface area contributed by atoms with Crippen molar-refractivity contribution in [3.8, 4) is 0 Å². The lowest BCUT2D eigenvalue weighted by Crippen LogP contribution is -2.32. The molecule has 1 aliphatic heterocycles. The molecule has 0 bridgehead atoms. The molecule has 0 aliphatic carbocycles. The van der Waals surface area contributed by atoms with Gasteiger partial charge in [-0.1, -0.05) is 12.1 Å². The van der Waals surface area contributed by atoms with E-state index in [1.54, 1.807) is 6.07 Å². The van der Waals surface area contributed by atoms with Gasteiger partial charge in [-0.3, -0.25) is 14.6 Å². The second-order valence-corrected chi connectivity index (χ2v) is 5.71. The lowest BCUT2D eigenvalue weighted by molar-refractivity contribution is 0.0857. The van der Waals surface area contributed by atoms with Crippen molar-refractivity contribution >= 4 is 17.5 Å². The van der Waals surface area contributed by atoms with Gasteiger partial charge in [0.05, 0.1) is 11.8 Å². The van der Waals surface area contributed by atoms with Gasteiger partial charge in [-0.2, -0.15) is 0 Å². The Kier molecular flexibility index (Phi) is 5.35. The minimum Gasteiger partial charge on any atom is -0.376 e. The molecule has 0 spiro atoms. The van der Waals surface area contributed by atoms with Gasteiger partial charge in [0.25, 0.3) is 11.8 Å². The number of halogens is 1. The van der Waals surface area contributed by atoms with E-state index in [9.17, 15) is 14.0 Å². The number of hydrogen-bond donors (Lipinski definition) is 2. The van der Waals surface area contributed by atoms with Gasteiger partial charge in [-0.05, 0) is 37.1 Å². The van der Waals surface area contributed by atoms with Crippen molar-refractivity contribution in [3.05, 3.63) is 59.7 Å². The van der Waals surface area contributed by atoms with Crippen LogP contribution in [0.3, 0.4) is 0 Å². The van der Waals surface area contributed by atoms with Gasteiger partial charge >= 0.3 is 0 Å². The third-order valence-corrected chi connectivity index (χ3v) is 3.89. The number of rotatable bonds is 5. The van der Waals surface area contributed by atoms with Gasteiger partial charge in [-0.15, -0.1) is 0 Å². The second-order valence-electron chi connectivity index (χ2n) is 5.71. The summed E-state index contributed by atoms with van der Waals surface area (Å²) in [6.45, 7) is 1.15. The number of benzene rings is 1. The summed E-state index contributed by atoms with van der Waals surface area (Å²) in [6.07, 6.45) is 3.33. The molecule has 2 N–H and O–H groups in total. The van der Waals surface area contributed by atoms with Crippen LogP contribution >= 0.6 is 0 Å². The lowest BCUT2D eigenvalue weighted by Gasteiger charge is -2.11. The number of anilines is 1. The van der Waals surface area contributed by atoms with Crippen LogP contribution in [0.15, 0.2) is 42.6 Å². The molecule has 3 rings (SSSR count). The van der Waals surface area contributed by atoms with E-state index in [2.05, 4.69) is 15.6 Å². The van der Waals surface area contributed by atoms with E-state index in [1.807, 2.05) is 0 Å². The van der Waals surface area contributed by atoms with Crippen LogP contribution in [0.1, 0.15) is 33.7 Å². The Morgan fingerprint density at radius 2 is 2.08 bits per heavy atom. The standard InChI is InChI=1S/C18H18FN3O3/c19-14-5-1-2-6-15(14)22-18(24)16-10-12(7-8-20-16)17(23)21-11-13-4-3-9-25-13/h1-2,5-8,10,13H,3-4,9,11H2,(H,21,23)(H,22,24). The minimum atomic E-state index is -0.584. The van der Waals surface area contributed by atoms with Crippen LogP contribution in [-0.2, 0) is 4.74 Å². The number of para-hydroxylation sites is 1. The minimum absolute atomic E-state index is 0.0352. The molecule has 2 heterocycles. The van der Waals surface area contributed by atoms with Crippen LogP contribution in [0.5, 0.6) is 0 Å². The van der Waals surface area contributed by atoms with Gasteiger partial charge in [0.15, 0.2) is 0 Å². The predicted octanol–water partition coefficient (Wildman–Crippen LogP) is 2.38. The zero-order valence-electron chi connectivity index (χ0n) is 13.5. The number of aromatic nitrogens is 1. The fraction of sp³-hybridized carbons (Fsp3) is 0.278. The third kappa shape index (κ3) is 4.39. The molecule has 25 heavy (non-hydrogen) atoms. The Morgan fingerprint density at radius 3 is 2.84 bits per heavy atom. The Bertz CT molecular complexity index is 776. The first kappa shape index (κ1) is 17.0. The molecule has 6 nitrogen and oxygen atoms in total. The number of amides is 2. The summed E-state index contributed by atoms with van der Waals surface area (Å²) in [7, 11) is 0. The Morgan fingerprint density at radius 1 is 1.24 bits per heavy atom. The van der Waals surface area contributed by atoms with Crippen LogP contribution in [0, 0.1) is 5.82 Å². The molecular formula is C18H18FN3O3. The number of nitrogens with one attached hydrogen (secondary N) is 2. The highest BCUT2D eigenvalue weighted by Gasteiger charge is 2.18. The maximum atomic E-state index is 13.6. The van der Waals surface area contributed by atoms with Crippen LogP contribution in [0.4, 0.5) is 10.1 Å². The van der Waals surface area contributed by atoms with Gasteiger partial charge < -0.3 is 15.4 Å². The van der Waals surface area contributed by atoms with Crippen LogP contribution < -0.4 is 10.6 Å². The number of nitrogens with zero attached hydrogens (tertiary/aromatic N) is 1. The molecule has 1 fully saturated rings. The van der Waals surface area contributed by atoms with Crippen molar-refractivity contribution in [2.75, 3.05) is 18.5 Å². The number of carbonyl (C=O) groups excluding carboxylic acids is 2. The Hall–Kier alpha value is -2.80. The number of ether oxygens (including phenoxy) is 1. The molecule has 7 heteroatoms. The van der Waals surface area contributed by atoms with Crippen molar-refractivity contribution in [3.63, 3.8) is 0 Å². The zero-order chi connectivity index (χ0) is 17.6. The maximum Gasteiger partial charge on any atom is 0.274 e. The smallest absolute Gasteiger partial charge is 0.274 e. The molecule has 1 unspecified atom stereocenters. The van der Waals surface area contributed by atoms with Crippen molar-refractivity contribution in [1.82, 2.24) is 10.3 Å². The molecule has 1 saturated heterocycles. The highest BCUT2D eigenvalue weighted by molar-refractivity contribution is 6.04. The summed E-state index contributed by atoms with van der Waals surface area (Å²) in [5, 5.41) is 5.22. The summed E-state index contributed by atoms with van der Waals surface area (Å²) in [4.78, 5) is 28.4. The lowest BCUT2D eigenvalue weighted by atomic mass is 10.2. The molecule has 1 atom stereocenters. The normalized spacial score (nSPS) is 16.4. The average molecular weight is 343 g/mol. The first-order chi connectivity index (χ1) is 12.1. The monoisotopic (exact) mass is 343 g/mol. The first-order valence-corrected chi connectivity index (χ1v) is 8.05. The second kappa shape index (κ2) is 7.85. The first-order valence-electron chi connectivity index (χ1n) is 8.05. The molecule has 1 aromatic heterocycles. The zero-order valence-corrected chi connectivity index (χ0v) is 13.5. The van der Waals surface area contributed by atoms with Gasteiger partial charge in [0.2, 0.25) is 0 Å². The third-order valence-electron chi connectivity index (χ3n) is 3.89. The van der Waals surface area contributed by atoms with E-state index < -0.39 is 11.7 Å². The average Bonchev–Trinajstić information content (AvgIpc) is 3.15. The van der Waals surface area contributed by atoms with E-state index >= 15 is 0 Å². The van der Waals surface area contributed by atoms with Crippen molar-refractivity contribution in [2.24, 2.45) is 0 Å².